The predicted molar refractivity (Wildman–Crippen MR) is 158 cm³/mol. The molecule has 0 aromatic heterocycles. The summed E-state index contributed by atoms with van der Waals surface area (Å²) in [4.78, 5) is 29.0. The average Bonchev–Trinajstić information content (AvgIpc) is 2.93. The van der Waals surface area contributed by atoms with Gasteiger partial charge < -0.3 is 15.0 Å². The second kappa shape index (κ2) is 13.5. The van der Waals surface area contributed by atoms with E-state index in [0.29, 0.717) is 18.6 Å². The first-order valence-electron chi connectivity index (χ1n) is 13.3. The zero-order valence-corrected chi connectivity index (χ0v) is 24.6. The number of carbonyl (C=O) groups is 2. The molecule has 3 aromatic rings. The van der Waals surface area contributed by atoms with Crippen LogP contribution in [0.15, 0.2) is 89.8 Å². The van der Waals surface area contributed by atoms with Crippen molar-refractivity contribution in [1.82, 2.24) is 10.2 Å². The summed E-state index contributed by atoms with van der Waals surface area (Å²) in [5.74, 6) is -0.466. The molecular weight excluding hydrogens is 526 g/mol. The van der Waals surface area contributed by atoms with Gasteiger partial charge in [-0.2, -0.15) is 0 Å². The summed E-state index contributed by atoms with van der Waals surface area (Å²) in [7, 11) is -2.71. The van der Waals surface area contributed by atoms with E-state index in [9.17, 15) is 18.0 Å². The molecule has 1 atom stereocenters. The van der Waals surface area contributed by atoms with Crippen molar-refractivity contribution in [3.63, 3.8) is 0 Å². The van der Waals surface area contributed by atoms with Gasteiger partial charge in [0.1, 0.15) is 18.3 Å². The molecule has 0 fully saturated rings. The number of para-hydroxylation sites is 2. The van der Waals surface area contributed by atoms with Crippen molar-refractivity contribution in [3.8, 4) is 5.75 Å². The van der Waals surface area contributed by atoms with Crippen LogP contribution in [-0.2, 0) is 26.0 Å². The third kappa shape index (κ3) is 7.85. The Labute approximate surface area is 238 Å². The topological polar surface area (TPSA) is 96.0 Å². The molecule has 2 amide bonds. The molecule has 3 rings (SSSR count). The molecule has 0 aliphatic heterocycles. The Balaban J connectivity index is 2.04. The highest BCUT2D eigenvalue weighted by Crippen LogP contribution is 2.32. The minimum Gasteiger partial charge on any atom is -0.495 e. The third-order valence-corrected chi connectivity index (χ3v) is 8.11. The molecule has 9 heteroatoms. The van der Waals surface area contributed by atoms with Gasteiger partial charge in [0.25, 0.3) is 10.0 Å². The van der Waals surface area contributed by atoms with E-state index in [4.69, 9.17) is 4.74 Å². The molecule has 3 aromatic carbocycles. The van der Waals surface area contributed by atoms with Gasteiger partial charge >= 0.3 is 0 Å². The summed E-state index contributed by atoms with van der Waals surface area (Å²) in [6.45, 7) is 7.21. The van der Waals surface area contributed by atoms with Crippen molar-refractivity contribution in [2.45, 2.75) is 57.0 Å². The van der Waals surface area contributed by atoms with Crippen LogP contribution in [0.3, 0.4) is 0 Å². The van der Waals surface area contributed by atoms with Crippen molar-refractivity contribution in [3.05, 3.63) is 90.5 Å². The molecule has 40 heavy (non-hydrogen) atoms. The zero-order valence-electron chi connectivity index (χ0n) is 23.8. The fraction of sp³-hybridized carbons (Fsp3) is 0.355. The Morgan fingerprint density at radius 2 is 1.48 bits per heavy atom. The van der Waals surface area contributed by atoms with Crippen molar-refractivity contribution in [1.29, 1.82) is 0 Å². The number of methoxy groups -OCH3 is 1. The summed E-state index contributed by atoms with van der Waals surface area (Å²) in [5.41, 5.74) is 0.737. The summed E-state index contributed by atoms with van der Waals surface area (Å²) < 4.78 is 34.4. The van der Waals surface area contributed by atoms with Crippen molar-refractivity contribution in [2.75, 3.05) is 24.5 Å². The largest absolute Gasteiger partial charge is 0.495 e. The van der Waals surface area contributed by atoms with Gasteiger partial charge in [-0.1, -0.05) is 67.6 Å². The molecule has 0 radical (unpaired) electrons. The molecule has 1 N–H and O–H groups in total. The maximum Gasteiger partial charge on any atom is 0.264 e. The smallest absolute Gasteiger partial charge is 0.264 e. The van der Waals surface area contributed by atoms with E-state index in [1.165, 1.54) is 24.1 Å². The first-order valence-corrected chi connectivity index (χ1v) is 14.8. The maximum atomic E-state index is 14.1. The number of carbonyl (C=O) groups excluding carboxylic acids is 2. The van der Waals surface area contributed by atoms with E-state index in [2.05, 4.69) is 5.32 Å². The molecule has 0 unspecified atom stereocenters. The van der Waals surface area contributed by atoms with Gasteiger partial charge in [0.15, 0.2) is 0 Å². The Morgan fingerprint density at radius 1 is 0.900 bits per heavy atom. The van der Waals surface area contributed by atoms with E-state index in [1.807, 2.05) is 58.0 Å². The van der Waals surface area contributed by atoms with E-state index in [1.54, 1.807) is 42.5 Å². The van der Waals surface area contributed by atoms with Gasteiger partial charge in [0, 0.05) is 12.1 Å². The van der Waals surface area contributed by atoms with Crippen LogP contribution in [0.4, 0.5) is 5.69 Å². The minimum atomic E-state index is -4.16. The summed E-state index contributed by atoms with van der Waals surface area (Å²) >= 11 is 0. The lowest BCUT2D eigenvalue weighted by molar-refractivity contribution is -0.140. The second-order valence-electron chi connectivity index (χ2n) is 10.5. The van der Waals surface area contributed by atoms with Crippen LogP contribution in [0.2, 0.25) is 0 Å². The van der Waals surface area contributed by atoms with Crippen LogP contribution < -0.4 is 14.4 Å². The number of hydrogen-bond donors (Lipinski definition) is 1. The van der Waals surface area contributed by atoms with Crippen molar-refractivity contribution < 1.29 is 22.7 Å². The normalized spacial score (nSPS) is 12.3. The lowest BCUT2D eigenvalue weighted by atomic mass is 10.1. The van der Waals surface area contributed by atoms with Gasteiger partial charge in [-0.25, -0.2) is 8.42 Å². The fourth-order valence-corrected chi connectivity index (χ4v) is 5.86. The standard InChI is InChI=1S/C31H39N3O5S/c1-6-26(30(36)32-31(2,3)4)33(22-21-24-15-9-7-10-16-24)29(35)23-34(27-19-13-14-20-28(27)39-5)40(37,38)25-17-11-8-12-18-25/h7-20,26H,6,21-23H2,1-5H3,(H,32,36)/t26-/m1/s1. The Bertz CT molecular complexity index is 1370. The number of sulfonamides is 1. The van der Waals surface area contributed by atoms with Crippen LogP contribution in [-0.4, -0.2) is 56.9 Å². The molecule has 214 valence electrons. The monoisotopic (exact) mass is 565 g/mol. The van der Waals surface area contributed by atoms with Crippen LogP contribution >= 0.6 is 0 Å². The average molecular weight is 566 g/mol. The van der Waals surface area contributed by atoms with E-state index in [0.717, 1.165) is 9.87 Å². The molecule has 0 saturated heterocycles. The van der Waals surface area contributed by atoms with E-state index >= 15 is 0 Å². The van der Waals surface area contributed by atoms with E-state index < -0.39 is 34.1 Å². The maximum absolute atomic E-state index is 14.1. The highest BCUT2D eigenvalue weighted by molar-refractivity contribution is 7.92. The predicted octanol–water partition coefficient (Wildman–Crippen LogP) is 4.66. The molecule has 0 spiro atoms. The lowest BCUT2D eigenvalue weighted by Crippen LogP contribution is -2.56. The molecule has 0 aliphatic rings. The number of amides is 2. The quantitative estimate of drug-likeness (QED) is 0.345. The second-order valence-corrected chi connectivity index (χ2v) is 12.3. The number of ether oxygens (including phenoxy) is 1. The SMILES string of the molecule is CC[C@H](C(=O)NC(C)(C)C)N(CCc1ccccc1)C(=O)CN(c1ccccc1OC)S(=O)(=O)c1ccccc1. The number of nitrogens with zero attached hydrogens (tertiary/aromatic N) is 2. The summed E-state index contributed by atoms with van der Waals surface area (Å²) in [5, 5.41) is 2.98. The fourth-order valence-electron chi connectivity index (χ4n) is 4.42. The Morgan fingerprint density at radius 3 is 2.05 bits per heavy atom. The zero-order chi connectivity index (χ0) is 29.3. The first kappa shape index (κ1) is 30.7. The number of rotatable bonds is 12. The van der Waals surface area contributed by atoms with Gasteiger partial charge in [-0.3, -0.25) is 13.9 Å². The molecule has 0 aliphatic carbocycles. The van der Waals surface area contributed by atoms with Gasteiger partial charge in [-0.05, 0) is 63.4 Å². The molecule has 8 nitrogen and oxygen atoms in total. The summed E-state index contributed by atoms with van der Waals surface area (Å²) in [6, 6.07) is 23.5. The lowest BCUT2D eigenvalue weighted by Gasteiger charge is -2.35. The van der Waals surface area contributed by atoms with Crippen LogP contribution in [0.5, 0.6) is 5.75 Å². The van der Waals surface area contributed by atoms with Crippen LogP contribution in [0.1, 0.15) is 39.7 Å². The number of hydrogen-bond acceptors (Lipinski definition) is 5. The molecule has 0 heterocycles. The number of nitrogens with one attached hydrogen (secondary N) is 1. The molecular formula is C31H39N3O5S. The minimum absolute atomic E-state index is 0.0436. The van der Waals surface area contributed by atoms with Crippen molar-refractivity contribution >= 4 is 27.5 Å². The highest BCUT2D eigenvalue weighted by atomic mass is 32.2. The van der Waals surface area contributed by atoms with Gasteiger partial charge in [0.05, 0.1) is 17.7 Å². The van der Waals surface area contributed by atoms with Crippen LogP contribution in [0, 0.1) is 0 Å². The highest BCUT2D eigenvalue weighted by Gasteiger charge is 2.35. The van der Waals surface area contributed by atoms with Crippen molar-refractivity contribution in [2.24, 2.45) is 0 Å². The molecule has 0 saturated carbocycles. The van der Waals surface area contributed by atoms with Crippen LogP contribution in [0.25, 0.3) is 0 Å². The Hall–Kier alpha value is -3.85. The van der Waals surface area contributed by atoms with Gasteiger partial charge in [0.2, 0.25) is 11.8 Å². The Kier molecular flexibility index (Phi) is 10.3. The number of anilines is 1. The summed E-state index contributed by atoms with van der Waals surface area (Å²) in [6.07, 6.45) is 0.870. The molecule has 0 bridgehead atoms. The van der Waals surface area contributed by atoms with Gasteiger partial charge in [-0.15, -0.1) is 0 Å². The van der Waals surface area contributed by atoms with E-state index in [-0.39, 0.29) is 23.0 Å². The first-order chi connectivity index (χ1) is 19.0. The number of benzene rings is 3. The third-order valence-electron chi connectivity index (χ3n) is 6.33.